The van der Waals surface area contributed by atoms with Crippen molar-refractivity contribution in [3.8, 4) is 0 Å². The SMILES string of the molecule is C\C=C/N=C(C)/C(=C\C=C(/C)c1ccc2c(c1)CNC2=O)Nc1ccc(C)cc1. The molecule has 0 atom stereocenters. The van der Waals surface area contributed by atoms with Gasteiger partial charge in [-0.15, -0.1) is 0 Å². The highest BCUT2D eigenvalue weighted by atomic mass is 16.1. The summed E-state index contributed by atoms with van der Waals surface area (Å²) in [6, 6.07) is 14.3. The highest BCUT2D eigenvalue weighted by molar-refractivity contribution is 6.01. The summed E-state index contributed by atoms with van der Waals surface area (Å²) >= 11 is 0. The van der Waals surface area contributed by atoms with Gasteiger partial charge >= 0.3 is 0 Å². The lowest BCUT2D eigenvalue weighted by atomic mass is 10.0. The number of nitrogens with zero attached hydrogens (tertiary/aromatic N) is 1. The van der Waals surface area contributed by atoms with Crippen molar-refractivity contribution < 1.29 is 4.79 Å². The Bertz CT molecular complexity index is 1020. The van der Waals surface area contributed by atoms with Gasteiger partial charge in [0.05, 0.1) is 11.4 Å². The van der Waals surface area contributed by atoms with E-state index in [1.165, 1.54) is 5.56 Å². The monoisotopic (exact) mass is 385 g/mol. The van der Waals surface area contributed by atoms with Gasteiger partial charge in [-0.2, -0.15) is 0 Å². The summed E-state index contributed by atoms with van der Waals surface area (Å²) < 4.78 is 0. The summed E-state index contributed by atoms with van der Waals surface area (Å²) in [6.07, 6.45) is 7.83. The Hall–Kier alpha value is -3.40. The third kappa shape index (κ3) is 5.11. The number of allylic oxidation sites excluding steroid dienone is 5. The number of anilines is 1. The van der Waals surface area contributed by atoms with Crippen molar-refractivity contribution in [2.75, 3.05) is 5.32 Å². The second-order valence-corrected chi connectivity index (χ2v) is 7.17. The Labute approximate surface area is 172 Å². The van der Waals surface area contributed by atoms with Crippen LogP contribution in [0.15, 0.2) is 77.6 Å². The second-order valence-electron chi connectivity index (χ2n) is 7.17. The lowest BCUT2D eigenvalue weighted by Gasteiger charge is -2.11. The van der Waals surface area contributed by atoms with E-state index in [1.807, 2.05) is 38.1 Å². The van der Waals surface area contributed by atoms with Crippen molar-refractivity contribution in [1.82, 2.24) is 5.32 Å². The Balaban J connectivity index is 1.89. The average molecular weight is 386 g/mol. The molecule has 3 rings (SSSR count). The van der Waals surface area contributed by atoms with Gasteiger partial charge in [0.25, 0.3) is 5.91 Å². The van der Waals surface area contributed by atoms with E-state index in [1.54, 1.807) is 6.20 Å². The van der Waals surface area contributed by atoms with Crippen molar-refractivity contribution in [2.24, 2.45) is 4.99 Å². The number of rotatable bonds is 6. The minimum atomic E-state index is 0.00785. The number of benzene rings is 2. The van der Waals surface area contributed by atoms with Crippen molar-refractivity contribution in [1.29, 1.82) is 0 Å². The summed E-state index contributed by atoms with van der Waals surface area (Å²) in [4.78, 5) is 16.2. The van der Waals surface area contributed by atoms with Gasteiger partial charge in [0, 0.05) is 24.0 Å². The molecule has 0 spiro atoms. The van der Waals surface area contributed by atoms with E-state index in [-0.39, 0.29) is 5.91 Å². The fraction of sp³-hybridized carbons (Fsp3) is 0.200. The maximum atomic E-state index is 11.8. The summed E-state index contributed by atoms with van der Waals surface area (Å²) in [6.45, 7) is 8.68. The summed E-state index contributed by atoms with van der Waals surface area (Å²) in [5, 5.41) is 6.33. The fourth-order valence-electron chi connectivity index (χ4n) is 3.08. The molecule has 0 radical (unpaired) electrons. The molecule has 0 unspecified atom stereocenters. The third-order valence-electron chi connectivity index (χ3n) is 4.88. The van der Waals surface area contributed by atoms with Crippen LogP contribution < -0.4 is 10.6 Å². The number of fused-ring (bicyclic) bond motifs is 1. The molecular weight excluding hydrogens is 358 g/mol. The zero-order valence-corrected chi connectivity index (χ0v) is 17.4. The van der Waals surface area contributed by atoms with Crippen molar-refractivity contribution in [2.45, 2.75) is 34.2 Å². The summed E-state index contributed by atoms with van der Waals surface area (Å²) in [5.74, 6) is 0.00785. The molecule has 0 saturated heterocycles. The fourth-order valence-corrected chi connectivity index (χ4v) is 3.08. The number of hydrogen-bond donors (Lipinski definition) is 2. The molecule has 2 N–H and O–H groups in total. The van der Waals surface area contributed by atoms with Gasteiger partial charge in [-0.25, -0.2) is 0 Å². The van der Waals surface area contributed by atoms with Crippen LogP contribution in [0.5, 0.6) is 0 Å². The number of carbonyl (C=O) groups is 1. The molecule has 0 aromatic heterocycles. The van der Waals surface area contributed by atoms with Crippen molar-refractivity contribution >= 4 is 22.9 Å². The Morgan fingerprint density at radius 3 is 2.59 bits per heavy atom. The van der Waals surface area contributed by atoms with Crippen LogP contribution in [-0.4, -0.2) is 11.6 Å². The van der Waals surface area contributed by atoms with Crippen LogP contribution >= 0.6 is 0 Å². The molecule has 29 heavy (non-hydrogen) atoms. The van der Waals surface area contributed by atoms with E-state index < -0.39 is 0 Å². The van der Waals surface area contributed by atoms with Crippen LogP contribution in [0.1, 0.15) is 47.8 Å². The maximum Gasteiger partial charge on any atom is 0.251 e. The third-order valence-corrected chi connectivity index (χ3v) is 4.88. The standard InChI is InChI=1S/C25H27N3O/c1-5-14-26-19(4)24(28-22-10-6-17(2)7-11-22)13-8-18(3)20-9-12-23-21(15-20)16-27-25(23)29/h5-15,28H,16H2,1-4H3,(H,27,29)/b14-5-,18-8+,24-13+,26-19+. The Morgan fingerprint density at radius 2 is 1.86 bits per heavy atom. The Morgan fingerprint density at radius 1 is 1.10 bits per heavy atom. The van der Waals surface area contributed by atoms with Crippen LogP contribution in [0, 0.1) is 6.92 Å². The van der Waals surface area contributed by atoms with E-state index in [0.29, 0.717) is 6.54 Å². The summed E-state index contributed by atoms with van der Waals surface area (Å²) in [7, 11) is 0. The molecule has 1 heterocycles. The van der Waals surface area contributed by atoms with Crippen LogP contribution in [-0.2, 0) is 6.54 Å². The van der Waals surface area contributed by atoms with Crippen LogP contribution in [0.3, 0.4) is 0 Å². The van der Waals surface area contributed by atoms with Crippen molar-refractivity contribution in [3.63, 3.8) is 0 Å². The van der Waals surface area contributed by atoms with E-state index >= 15 is 0 Å². The molecule has 1 amide bonds. The number of amides is 1. The molecule has 2 aromatic carbocycles. The van der Waals surface area contributed by atoms with Gasteiger partial charge in [0.2, 0.25) is 0 Å². The van der Waals surface area contributed by atoms with Gasteiger partial charge in [-0.05, 0) is 74.7 Å². The Kier molecular flexibility index (Phi) is 6.45. The number of carbonyl (C=O) groups excluding carboxylic acids is 1. The first-order valence-electron chi connectivity index (χ1n) is 9.77. The molecule has 0 fully saturated rings. The van der Waals surface area contributed by atoms with E-state index in [4.69, 9.17) is 0 Å². The van der Waals surface area contributed by atoms with Crippen LogP contribution in [0.25, 0.3) is 5.57 Å². The molecule has 4 heteroatoms. The maximum absolute atomic E-state index is 11.8. The molecule has 0 bridgehead atoms. The first-order valence-corrected chi connectivity index (χ1v) is 9.77. The zero-order valence-electron chi connectivity index (χ0n) is 17.4. The predicted octanol–water partition coefficient (Wildman–Crippen LogP) is 5.63. The average Bonchev–Trinajstić information content (AvgIpc) is 3.10. The minimum Gasteiger partial charge on any atom is -0.354 e. The molecule has 1 aliphatic rings. The molecule has 1 aliphatic heterocycles. The highest BCUT2D eigenvalue weighted by Crippen LogP contribution is 2.22. The quantitative estimate of drug-likeness (QED) is 0.500. The molecule has 0 saturated carbocycles. The molecule has 4 nitrogen and oxygen atoms in total. The van der Waals surface area contributed by atoms with Gasteiger partial charge in [0.15, 0.2) is 0 Å². The van der Waals surface area contributed by atoms with Gasteiger partial charge < -0.3 is 10.6 Å². The van der Waals surface area contributed by atoms with Crippen molar-refractivity contribution in [3.05, 3.63) is 94.8 Å². The molecule has 0 aliphatic carbocycles. The lowest BCUT2D eigenvalue weighted by molar-refractivity contribution is 0.0966. The zero-order chi connectivity index (χ0) is 20.8. The second kappa shape index (κ2) is 9.20. The predicted molar refractivity (Wildman–Crippen MR) is 122 cm³/mol. The van der Waals surface area contributed by atoms with Crippen LogP contribution in [0.2, 0.25) is 0 Å². The minimum absolute atomic E-state index is 0.00785. The van der Waals surface area contributed by atoms with Gasteiger partial charge in [-0.1, -0.05) is 35.9 Å². The number of aliphatic imine (C=N–C) groups is 1. The van der Waals surface area contributed by atoms with Crippen LogP contribution in [0.4, 0.5) is 5.69 Å². The molecule has 148 valence electrons. The largest absolute Gasteiger partial charge is 0.354 e. The lowest BCUT2D eigenvalue weighted by Crippen LogP contribution is -2.12. The van der Waals surface area contributed by atoms with E-state index in [9.17, 15) is 4.79 Å². The summed E-state index contributed by atoms with van der Waals surface area (Å²) in [5.41, 5.74) is 8.12. The van der Waals surface area contributed by atoms with Gasteiger partial charge in [-0.3, -0.25) is 9.79 Å². The smallest absolute Gasteiger partial charge is 0.251 e. The molecule has 2 aromatic rings. The van der Waals surface area contributed by atoms with E-state index in [2.05, 4.69) is 65.9 Å². The first-order chi connectivity index (χ1) is 14.0. The number of hydrogen-bond acceptors (Lipinski definition) is 3. The highest BCUT2D eigenvalue weighted by Gasteiger charge is 2.18. The van der Waals surface area contributed by atoms with Gasteiger partial charge in [0.1, 0.15) is 0 Å². The number of nitrogens with one attached hydrogen (secondary N) is 2. The van der Waals surface area contributed by atoms with E-state index in [0.717, 1.165) is 39.4 Å². The first kappa shape index (κ1) is 20.3. The normalized spacial score (nSPS) is 14.9. The molecular formula is C25H27N3O. The number of aryl methyl sites for hydroxylation is 1. The topological polar surface area (TPSA) is 53.5 Å².